The van der Waals surface area contributed by atoms with Gasteiger partial charge in [0.1, 0.15) is 23.0 Å². The van der Waals surface area contributed by atoms with Crippen molar-refractivity contribution in [3.05, 3.63) is 47.8 Å². The van der Waals surface area contributed by atoms with Gasteiger partial charge in [-0.3, -0.25) is 14.9 Å². The van der Waals surface area contributed by atoms with Gasteiger partial charge in [0.05, 0.1) is 5.69 Å². The third kappa shape index (κ3) is 2.66. The summed E-state index contributed by atoms with van der Waals surface area (Å²) in [6.07, 6.45) is 2.54. The fourth-order valence-electron chi connectivity index (χ4n) is 2.95. The minimum atomic E-state index is -0.163. The SMILES string of the molecule is Cc1nnc2n1CC(CNC(=O)c1cc(-c3ccccn3)n[nH]1)C2. The molecule has 0 saturated carbocycles. The zero-order valence-electron chi connectivity index (χ0n) is 13.2. The van der Waals surface area contributed by atoms with Crippen LogP contribution in [-0.2, 0) is 13.0 Å². The Morgan fingerprint density at radius 3 is 3.08 bits per heavy atom. The molecule has 3 aromatic rings. The first-order valence-corrected chi connectivity index (χ1v) is 7.84. The predicted molar refractivity (Wildman–Crippen MR) is 86.1 cm³/mol. The van der Waals surface area contributed by atoms with Crippen LogP contribution in [0.15, 0.2) is 30.5 Å². The van der Waals surface area contributed by atoms with E-state index in [1.165, 1.54) is 0 Å². The van der Waals surface area contributed by atoms with Gasteiger partial charge in [0.15, 0.2) is 0 Å². The van der Waals surface area contributed by atoms with Crippen molar-refractivity contribution in [1.29, 1.82) is 0 Å². The molecule has 0 bridgehead atoms. The van der Waals surface area contributed by atoms with Gasteiger partial charge in [-0.1, -0.05) is 6.07 Å². The van der Waals surface area contributed by atoms with Gasteiger partial charge in [-0.2, -0.15) is 5.10 Å². The molecule has 24 heavy (non-hydrogen) atoms. The molecule has 2 N–H and O–H groups in total. The minimum absolute atomic E-state index is 0.163. The molecule has 0 radical (unpaired) electrons. The van der Waals surface area contributed by atoms with Crippen molar-refractivity contribution in [2.75, 3.05) is 6.54 Å². The number of aromatic amines is 1. The van der Waals surface area contributed by atoms with Gasteiger partial charge in [0.2, 0.25) is 0 Å². The van der Waals surface area contributed by atoms with Gasteiger partial charge in [-0.15, -0.1) is 10.2 Å². The Hall–Kier alpha value is -3.03. The zero-order valence-corrected chi connectivity index (χ0v) is 13.2. The molecular weight excluding hydrogens is 306 g/mol. The van der Waals surface area contributed by atoms with Crippen molar-refractivity contribution < 1.29 is 4.79 Å². The van der Waals surface area contributed by atoms with Crippen LogP contribution in [-0.4, -0.2) is 42.4 Å². The van der Waals surface area contributed by atoms with E-state index >= 15 is 0 Å². The number of nitrogens with one attached hydrogen (secondary N) is 2. The number of fused-ring (bicyclic) bond motifs is 1. The second kappa shape index (κ2) is 5.88. The molecule has 4 heterocycles. The average molecular weight is 323 g/mol. The minimum Gasteiger partial charge on any atom is -0.350 e. The first-order chi connectivity index (χ1) is 11.7. The Kier molecular flexibility index (Phi) is 3.56. The number of amides is 1. The second-order valence-corrected chi connectivity index (χ2v) is 5.94. The van der Waals surface area contributed by atoms with E-state index < -0.39 is 0 Å². The molecule has 0 aromatic carbocycles. The third-order valence-corrected chi connectivity index (χ3v) is 4.23. The van der Waals surface area contributed by atoms with Crippen LogP contribution in [0.3, 0.4) is 0 Å². The zero-order chi connectivity index (χ0) is 16.5. The van der Waals surface area contributed by atoms with Gasteiger partial charge in [-0.05, 0) is 25.1 Å². The van der Waals surface area contributed by atoms with Crippen LogP contribution in [0.25, 0.3) is 11.4 Å². The van der Waals surface area contributed by atoms with E-state index in [0.29, 0.717) is 23.9 Å². The molecule has 0 spiro atoms. The highest BCUT2D eigenvalue weighted by Gasteiger charge is 2.25. The Morgan fingerprint density at radius 1 is 1.38 bits per heavy atom. The van der Waals surface area contributed by atoms with Gasteiger partial charge in [0.25, 0.3) is 5.91 Å². The molecule has 4 rings (SSSR count). The average Bonchev–Trinajstić information content (AvgIpc) is 3.31. The molecule has 1 unspecified atom stereocenters. The van der Waals surface area contributed by atoms with Crippen molar-refractivity contribution >= 4 is 5.91 Å². The van der Waals surface area contributed by atoms with Crippen LogP contribution < -0.4 is 5.32 Å². The van der Waals surface area contributed by atoms with Crippen LogP contribution in [0.1, 0.15) is 22.1 Å². The molecular formula is C16H17N7O. The van der Waals surface area contributed by atoms with E-state index in [1.54, 1.807) is 12.3 Å². The molecule has 122 valence electrons. The van der Waals surface area contributed by atoms with Crippen LogP contribution in [0.5, 0.6) is 0 Å². The van der Waals surface area contributed by atoms with E-state index in [-0.39, 0.29) is 5.91 Å². The summed E-state index contributed by atoms with van der Waals surface area (Å²) >= 11 is 0. The Bertz CT molecular complexity index is 868. The van der Waals surface area contributed by atoms with Gasteiger partial charge in [-0.25, -0.2) is 0 Å². The summed E-state index contributed by atoms with van der Waals surface area (Å²) in [4.78, 5) is 16.5. The summed E-state index contributed by atoms with van der Waals surface area (Å²) < 4.78 is 2.10. The number of H-pyrrole nitrogens is 1. The number of carbonyl (C=O) groups excluding carboxylic acids is 1. The molecule has 0 aliphatic carbocycles. The molecule has 1 aliphatic heterocycles. The highest BCUT2D eigenvalue weighted by Crippen LogP contribution is 2.19. The summed E-state index contributed by atoms with van der Waals surface area (Å²) in [5.41, 5.74) is 1.82. The summed E-state index contributed by atoms with van der Waals surface area (Å²) in [5, 5.41) is 18.1. The number of aryl methyl sites for hydroxylation is 1. The highest BCUT2D eigenvalue weighted by molar-refractivity contribution is 5.93. The van der Waals surface area contributed by atoms with Crippen molar-refractivity contribution in [3.8, 4) is 11.4 Å². The number of hydrogen-bond donors (Lipinski definition) is 2. The molecule has 0 saturated heterocycles. The number of aromatic nitrogens is 6. The third-order valence-electron chi connectivity index (χ3n) is 4.23. The summed E-state index contributed by atoms with van der Waals surface area (Å²) in [6.45, 7) is 3.39. The lowest BCUT2D eigenvalue weighted by molar-refractivity contribution is 0.0942. The van der Waals surface area contributed by atoms with Gasteiger partial charge in [0, 0.05) is 31.6 Å². The van der Waals surface area contributed by atoms with Crippen molar-refractivity contribution in [2.45, 2.75) is 19.9 Å². The molecule has 1 amide bonds. The van der Waals surface area contributed by atoms with E-state index in [4.69, 9.17) is 0 Å². The largest absolute Gasteiger partial charge is 0.350 e. The number of carbonyl (C=O) groups is 1. The van der Waals surface area contributed by atoms with Gasteiger partial charge >= 0.3 is 0 Å². The van der Waals surface area contributed by atoms with Crippen molar-refractivity contribution in [3.63, 3.8) is 0 Å². The first-order valence-electron chi connectivity index (χ1n) is 7.84. The summed E-state index contributed by atoms with van der Waals surface area (Å²) in [6, 6.07) is 7.30. The summed E-state index contributed by atoms with van der Waals surface area (Å²) in [5.74, 6) is 2.10. The number of rotatable bonds is 4. The van der Waals surface area contributed by atoms with Crippen LogP contribution in [0.2, 0.25) is 0 Å². The summed E-state index contributed by atoms with van der Waals surface area (Å²) in [7, 11) is 0. The molecule has 3 aromatic heterocycles. The lowest BCUT2D eigenvalue weighted by Gasteiger charge is -2.09. The van der Waals surface area contributed by atoms with E-state index in [9.17, 15) is 4.79 Å². The maximum atomic E-state index is 12.3. The smallest absolute Gasteiger partial charge is 0.269 e. The topological polar surface area (TPSA) is 101 Å². The normalized spacial score (nSPS) is 16.1. The van der Waals surface area contributed by atoms with Gasteiger partial charge < -0.3 is 9.88 Å². The molecule has 1 aliphatic rings. The highest BCUT2D eigenvalue weighted by atomic mass is 16.1. The van der Waals surface area contributed by atoms with Crippen molar-refractivity contribution in [2.24, 2.45) is 5.92 Å². The van der Waals surface area contributed by atoms with Crippen LogP contribution >= 0.6 is 0 Å². The Labute approximate surface area is 138 Å². The maximum Gasteiger partial charge on any atom is 0.269 e. The molecule has 8 heteroatoms. The lowest BCUT2D eigenvalue weighted by Crippen LogP contribution is -2.30. The van der Waals surface area contributed by atoms with E-state index in [2.05, 4.69) is 35.3 Å². The standard InChI is InChI=1S/C16H17N7O/c1-10-19-22-15-6-11(9-23(10)15)8-18-16(24)14-7-13(20-21-14)12-4-2-3-5-17-12/h2-5,7,11H,6,8-9H2,1H3,(H,18,24)(H,20,21). The Balaban J connectivity index is 1.37. The number of nitrogens with zero attached hydrogens (tertiary/aromatic N) is 5. The second-order valence-electron chi connectivity index (χ2n) is 5.94. The van der Waals surface area contributed by atoms with E-state index in [1.807, 2.05) is 25.1 Å². The Morgan fingerprint density at radius 2 is 2.29 bits per heavy atom. The predicted octanol–water partition coefficient (Wildman–Crippen LogP) is 0.974. The molecule has 1 atom stereocenters. The fraction of sp³-hybridized carbons (Fsp3) is 0.312. The maximum absolute atomic E-state index is 12.3. The number of hydrogen-bond acceptors (Lipinski definition) is 5. The lowest BCUT2D eigenvalue weighted by atomic mass is 10.1. The fourth-order valence-corrected chi connectivity index (χ4v) is 2.95. The van der Waals surface area contributed by atoms with E-state index in [0.717, 1.165) is 30.3 Å². The van der Waals surface area contributed by atoms with Crippen LogP contribution in [0.4, 0.5) is 0 Å². The number of pyridine rings is 1. The first kappa shape index (κ1) is 14.6. The van der Waals surface area contributed by atoms with Crippen molar-refractivity contribution in [1.82, 2.24) is 35.3 Å². The monoisotopic (exact) mass is 323 g/mol. The quantitative estimate of drug-likeness (QED) is 0.745. The molecule has 0 fully saturated rings. The molecule has 8 nitrogen and oxygen atoms in total. The van der Waals surface area contributed by atoms with Crippen LogP contribution in [0, 0.1) is 12.8 Å².